The average Bonchev–Trinajstić information content (AvgIpc) is 3.02. The molecule has 1 aromatic heterocycles. The maximum atomic E-state index is 12.4. The molecule has 2 N–H and O–H groups in total. The number of carbonyl (C=O) groups is 2. The second kappa shape index (κ2) is 7.94. The largest absolute Gasteiger partial charge is 0.452 e. The number of carbonyl (C=O) groups excluding carboxylic acids is 2. The second-order valence-corrected chi connectivity index (χ2v) is 7.55. The van der Waals surface area contributed by atoms with Crippen molar-refractivity contribution in [1.82, 2.24) is 10.3 Å². The summed E-state index contributed by atoms with van der Waals surface area (Å²) >= 11 is 0. The van der Waals surface area contributed by atoms with Crippen molar-refractivity contribution in [2.24, 2.45) is 11.8 Å². The normalized spacial score (nSPS) is 24.2. The highest BCUT2D eigenvalue weighted by Crippen LogP contribution is 2.29. The lowest BCUT2D eigenvalue weighted by molar-refractivity contribution is -0.154. The molecule has 1 aliphatic rings. The number of hydrogen-bond acceptors (Lipinski definition) is 3. The third-order valence-electron chi connectivity index (χ3n) is 5.72. The number of H-pyrrole nitrogens is 1. The molecule has 0 saturated heterocycles. The molecule has 0 bridgehead atoms. The predicted octanol–water partition coefficient (Wildman–Crippen LogP) is 3.58. The molecule has 4 atom stereocenters. The standard InChI is InChI=1S/C21H28N2O3/c1-13-7-6-10-18(14(13)2)23-21(25)15(3)26-20(24)11-16-12-22-19-9-5-4-8-17(16)19/h4-5,8-9,12-15,18,22H,6-7,10-11H2,1-3H3,(H,23,25)/t13-,14-,15-,18+/m1/s1. The number of aromatic amines is 1. The van der Waals surface area contributed by atoms with Gasteiger partial charge in [-0.25, -0.2) is 0 Å². The maximum absolute atomic E-state index is 12.4. The number of para-hydroxylation sites is 1. The van der Waals surface area contributed by atoms with Crippen molar-refractivity contribution in [2.45, 2.75) is 58.6 Å². The molecule has 1 heterocycles. The van der Waals surface area contributed by atoms with Crippen LogP contribution >= 0.6 is 0 Å². The van der Waals surface area contributed by atoms with Gasteiger partial charge < -0.3 is 15.0 Å². The molecule has 3 rings (SSSR count). The lowest BCUT2D eigenvalue weighted by atomic mass is 9.78. The molecule has 5 nitrogen and oxygen atoms in total. The van der Waals surface area contributed by atoms with E-state index >= 15 is 0 Å². The van der Waals surface area contributed by atoms with Gasteiger partial charge in [-0.2, -0.15) is 0 Å². The average molecular weight is 356 g/mol. The van der Waals surface area contributed by atoms with Crippen molar-refractivity contribution in [1.29, 1.82) is 0 Å². The Morgan fingerprint density at radius 2 is 2.04 bits per heavy atom. The van der Waals surface area contributed by atoms with E-state index in [4.69, 9.17) is 4.74 Å². The predicted molar refractivity (Wildman–Crippen MR) is 102 cm³/mol. The van der Waals surface area contributed by atoms with Crippen LogP contribution in [0, 0.1) is 11.8 Å². The van der Waals surface area contributed by atoms with Gasteiger partial charge in [0.25, 0.3) is 5.91 Å². The van der Waals surface area contributed by atoms with E-state index in [2.05, 4.69) is 24.1 Å². The minimum atomic E-state index is -0.780. The molecule has 0 radical (unpaired) electrons. The van der Waals surface area contributed by atoms with Crippen LogP contribution in [-0.2, 0) is 20.7 Å². The highest BCUT2D eigenvalue weighted by molar-refractivity contribution is 5.88. The Balaban J connectivity index is 1.54. The van der Waals surface area contributed by atoms with E-state index in [0.717, 1.165) is 29.3 Å². The third kappa shape index (κ3) is 4.09. The smallest absolute Gasteiger partial charge is 0.311 e. The van der Waals surface area contributed by atoms with Gasteiger partial charge in [-0.05, 0) is 36.8 Å². The molecule has 0 unspecified atom stereocenters. The quantitative estimate of drug-likeness (QED) is 0.805. The summed E-state index contributed by atoms with van der Waals surface area (Å²) in [5.74, 6) is 0.460. The number of ether oxygens (including phenoxy) is 1. The van der Waals surface area contributed by atoms with Crippen molar-refractivity contribution < 1.29 is 14.3 Å². The highest BCUT2D eigenvalue weighted by Gasteiger charge is 2.30. The first-order valence-electron chi connectivity index (χ1n) is 9.50. The first-order chi connectivity index (χ1) is 12.5. The van der Waals surface area contributed by atoms with Gasteiger partial charge in [-0.3, -0.25) is 9.59 Å². The van der Waals surface area contributed by atoms with E-state index in [9.17, 15) is 9.59 Å². The van der Waals surface area contributed by atoms with Crippen LogP contribution in [0.1, 0.15) is 45.6 Å². The van der Waals surface area contributed by atoms with Gasteiger partial charge in [0.2, 0.25) is 0 Å². The molecule has 5 heteroatoms. The Bertz CT molecular complexity index is 782. The first kappa shape index (κ1) is 18.5. The summed E-state index contributed by atoms with van der Waals surface area (Å²) in [6.45, 7) is 6.05. The number of nitrogens with one attached hydrogen (secondary N) is 2. The number of aromatic nitrogens is 1. The van der Waals surface area contributed by atoms with Gasteiger partial charge >= 0.3 is 5.97 Å². The van der Waals surface area contributed by atoms with Crippen LogP contribution in [0.5, 0.6) is 0 Å². The molecule has 1 fully saturated rings. The van der Waals surface area contributed by atoms with Crippen molar-refractivity contribution in [3.8, 4) is 0 Å². The Labute approximate surface area is 154 Å². The van der Waals surface area contributed by atoms with Gasteiger partial charge in [-0.15, -0.1) is 0 Å². The fourth-order valence-corrected chi connectivity index (χ4v) is 3.81. The summed E-state index contributed by atoms with van der Waals surface area (Å²) in [6, 6.07) is 7.98. The van der Waals surface area contributed by atoms with Crippen molar-refractivity contribution in [3.05, 3.63) is 36.0 Å². The molecule has 26 heavy (non-hydrogen) atoms. The van der Waals surface area contributed by atoms with E-state index in [-0.39, 0.29) is 24.3 Å². The number of hydrogen-bond donors (Lipinski definition) is 2. The van der Waals surface area contributed by atoms with Crippen molar-refractivity contribution >= 4 is 22.8 Å². The van der Waals surface area contributed by atoms with Crippen LogP contribution in [-0.4, -0.2) is 29.0 Å². The molecule has 1 amide bonds. The third-order valence-corrected chi connectivity index (χ3v) is 5.72. The fraction of sp³-hybridized carbons (Fsp3) is 0.524. The van der Waals surface area contributed by atoms with E-state index in [0.29, 0.717) is 11.8 Å². The molecule has 1 aliphatic carbocycles. The minimum absolute atomic E-state index is 0.151. The second-order valence-electron chi connectivity index (χ2n) is 7.55. The van der Waals surface area contributed by atoms with Crippen LogP contribution in [0.2, 0.25) is 0 Å². The summed E-state index contributed by atoms with van der Waals surface area (Å²) in [6.07, 6.45) is 4.53. The number of esters is 1. The molecule has 2 aromatic rings. The highest BCUT2D eigenvalue weighted by atomic mass is 16.5. The van der Waals surface area contributed by atoms with Gasteiger partial charge in [0.05, 0.1) is 6.42 Å². The van der Waals surface area contributed by atoms with Crippen LogP contribution in [0.25, 0.3) is 10.9 Å². The Morgan fingerprint density at radius 3 is 2.85 bits per heavy atom. The minimum Gasteiger partial charge on any atom is -0.452 e. The van der Waals surface area contributed by atoms with E-state index in [1.54, 1.807) is 6.92 Å². The summed E-state index contributed by atoms with van der Waals surface area (Å²) in [5, 5.41) is 4.08. The van der Waals surface area contributed by atoms with Gasteiger partial charge in [0.1, 0.15) is 0 Å². The zero-order valence-corrected chi connectivity index (χ0v) is 15.7. The van der Waals surface area contributed by atoms with E-state index in [1.807, 2.05) is 30.5 Å². The van der Waals surface area contributed by atoms with Crippen LogP contribution in [0.15, 0.2) is 30.5 Å². The number of fused-ring (bicyclic) bond motifs is 1. The monoisotopic (exact) mass is 356 g/mol. The number of benzene rings is 1. The van der Waals surface area contributed by atoms with Gasteiger partial charge in [0, 0.05) is 23.1 Å². The molecule has 0 aliphatic heterocycles. The van der Waals surface area contributed by atoms with Crippen LogP contribution in [0.3, 0.4) is 0 Å². The zero-order valence-electron chi connectivity index (χ0n) is 15.7. The molecule has 1 aromatic carbocycles. The summed E-state index contributed by atoms with van der Waals surface area (Å²) in [5.41, 5.74) is 1.87. The van der Waals surface area contributed by atoms with Crippen LogP contribution in [0.4, 0.5) is 0 Å². The maximum Gasteiger partial charge on any atom is 0.311 e. The topological polar surface area (TPSA) is 71.2 Å². The Kier molecular flexibility index (Phi) is 5.64. The summed E-state index contributed by atoms with van der Waals surface area (Å²) < 4.78 is 5.37. The molecular weight excluding hydrogens is 328 g/mol. The number of rotatable bonds is 5. The molecular formula is C21H28N2O3. The fourth-order valence-electron chi connectivity index (χ4n) is 3.81. The van der Waals surface area contributed by atoms with Gasteiger partial charge in [0.15, 0.2) is 6.10 Å². The zero-order chi connectivity index (χ0) is 18.7. The van der Waals surface area contributed by atoms with E-state index < -0.39 is 6.10 Å². The molecule has 1 saturated carbocycles. The van der Waals surface area contributed by atoms with Crippen molar-refractivity contribution in [2.75, 3.05) is 0 Å². The SMILES string of the molecule is C[C@@H]1[C@H](C)CCC[C@@H]1NC(=O)[C@@H](C)OC(=O)Cc1c[nH]c2ccccc12. The summed E-state index contributed by atoms with van der Waals surface area (Å²) in [7, 11) is 0. The first-order valence-corrected chi connectivity index (χ1v) is 9.50. The molecule has 140 valence electrons. The Morgan fingerprint density at radius 1 is 1.27 bits per heavy atom. The van der Waals surface area contributed by atoms with Crippen molar-refractivity contribution in [3.63, 3.8) is 0 Å². The van der Waals surface area contributed by atoms with Gasteiger partial charge in [-0.1, -0.05) is 44.9 Å². The number of amides is 1. The lowest BCUT2D eigenvalue weighted by Gasteiger charge is -2.35. The Hall–Kier alpha value is -2.30. The lowest BCUT2D eigenvalue weighted by Crippen LogP contribution is -2.47. The van der Waals surface area contributed by atoms with E-state index in [1.165, 1.54) is 6.42 Å². The summed E-state index contributed by atoms with van der Waals surface area (Å²) in [4.78, 5) is 27.8. The molecule has 0 spiro atoms. The van der Waals surface area contributed by atoms with Crippen LogP contribution < -0.4 is 5.32 Å².